The standard InChI is InChI=1S/C12H20N4O/c1-9(2)10-6-14-12(15-7-10)16-3-4-17-8-11(16)5-13/h6-7,9,11H,3-5,8,13H2,1-2H3. The summed E-state index contributed by atoms with van der Waals surface area (Å²) >= 11 is 0. The SMILES string of the molecule is CC(C)c1cnc(N2CCOCC2CN)nc1. The Morgan fingerprint density at radius 2 is 2.18 bits per heavy atom. The third-order valence-corrected chi connectivity index (χ3v) is 3.08. The molecule has 5 heteroatoms. The molecule has 1 aromatic rings. The number of rotatable bonds is 3. The van der Waals surface area contributed by atoms with Gasteiger partial charge in [-0.1, -0.05) is 13.8 Å². The van der Waals surface area contributed by atoms with Gasteiger partial charge in [-0.25, -0.2) is 9.97 Å². The van der Waals surface area contributed by atoms with Gasteiger partial charge in [0.05, 0.1) is 19.3 Å². The van der Waals surface area contributed by atoms with E-state index in [0.717, 1.165) is 18.1 Å². The largest absolute Gasteiger partial charge is 0.377 e. The molecule has 2 N–H and O–H groups in total. The average molecular weight is 236 g/mol. The second kappa shape index (κ2) is 5.42. The summed E-state index contributed by atoms with van der Waals surface area (Å²) in [6.45, 7) is 7.02. The summed E-state index contributed by atoms with van der Waals surface area (Å²) in [5, 5.41) is 0. The predicted molar refractivity (Wildman–Crippen MR) is 67.1 cm³/mol. The van der Waals surface area contributed by atoms with E-state index in [1.54, 1.807) is 0 Å². The molecule has 0 spiro atoms. The van der Waals surface area contributed by atoms with E-state index in [2.05, 4.69) is 28.7 Å². The zero-order chi connectivity index (χ0) is 12.3. The summed E-state index contributed by atoms with van der Waals surface area (Å²) < 4.78 is 5.41. The highest BCUT2D eigenvalue weighted by Crippen LogP contribution is 2.17. The molecule has 1 saturated heterocycles. The lowest BCUT2D eigenvalue weighted by Crippen LogP contribution is -2.50. The van der Waals surface area contributed by atoms with Crippen molar-refractivity contribution in [3.05, 3.63) is 18.0 Å². The number of nitrogens with two attached hydrogens (primary N) is 1. The minimum absolute atomic E-state index is 0.189. The molecule has 5 nitrogen and oxygen atoms in total. The third-order valence-electron chi connectivity index (χ3n) is 3.08. The molecule has 1 fully saturated rings. The molecular formula is C12H20N4O. The maximum atomic E-state index is 5.73. The number of morpholine rings is 1. The van der Waals surface area contributed by atoms with Gasteiger partial charge < -0.3 is 15.4 Å². The van der Waals surface area contributed by atoms with Crippen LogP contribution in [0, 0.1) is 0 Å². The van der Waals surface area contributed by atoms with E-state index in [-0.39, 0.29) is 6.04 Å². The van der Waals surface area contributed by atoms with Gasteiger partial charge in [0.2, 0.25) is 5.95 Å². The highest BCUT2D eigenvalue weighted by Gasteiger charge is 2.23. The summed E-state index contributed by atoms with van der Waals surface area (Å²) in [4.78, 5) is 11.0. The van der Waals surface area contributed by atoms with Gasteiger partial charge in [0.25, 0.3) is 0 Å². The molecule has 0 aliphatic carbocycles. The Morgan fingerprint density at radius 1 is 1.47 bits per heavy atom. The van der Waals surface area contributed by atoms with Crippen LogP contribution in [0.4, 0.5) is 5.95 Å². The molecule has 0 amide bonds. The Kier molecular flexibility index (Phi) is 3.91. The van der Waals surface area contributed by atoms with Gasteiger partial charge in [-0.3, -0.25) is 0 Å². The summed E-state index contributed by atoms with van der Waals surface area (Å²) in [5.74, 6) is 1.21. The first-order valence-electron chi connectivity index (χ1n) is 6.08. The lowest BCUT2D eigenvalue weighted by atomic mass is 10.1. The van der Waals surface area contributed by atoms with E-state index in [1.807, 2.05) is 12.4 Å². The van der Waals surface area contributed by atoms with Gasteiger partial charge >= 0.3 is 0 Å². The van der Waals surface area contributed by atoms with Crippen LogP contribution in [0.15, 0.2) is 12.4 Å². The van der Waals surface area contributed by atoms with Crippen molar-refractivity contribution in [3.8, 4) is 0 Å². The van der Waals surface area contributed by atoms with Crippen molar-refractivity contribution >= 4 is 5.95 Å². The molecule has 0 radical (unpaired) electrons. The second-order valence-corrected chi connectivity index (χ2v) is 4.63. The molecule has 2 heterocycles. The first-order valence-corrected chi connectivity index (χ1v) is 6.08. The van der Waals surface area contributed by atoms with Gasteiger partial charge in [-0.05, 0) is 11.5 Å². The smallest absolute Gasteiger partial charge is 0.225 e. The minimum Gasteiger partial charge on any atom is -0.377 e. The number of hydrogen-bond acceptors (Lipinski definition) is 5. The van der Waals surface area contributed by atoms with Crippen molar-refractivity contribution < 1.29 is 4.74 Å². The van der Waals surface area contributed by atoms with Gasteiger partial charge in [0.15, 0.2) is 0 Å². The lowest BCUT2D eigenvalue weighted by molar-refractivity contribution is 0.0954. The molecule has 94 valence electrons. The normalized spacial score (nSPS) is 20.9. The van der Waals surface area contributed by atoms with E-state index < -0.39 is 0 Å². The quantitative estimate of drug-likeness (QED) is 0.839. The number of anilines is 1. The van der Waals surface area contributed by atoms with E-state index >= 15 is 0 Å². The molecule has 1 unspecified atom stereocenters. The highest BCUT2D eigenvalue weighted by molar-refractivity contribution is 5.33. The fourth-order valence-corrected chi connectivity index (χ4v) is 1.89. The van der Waals surface area contributed by atoms with Crippen LogP contribution in [-0.2, 0) is 4.74 Å². The summed E-state index contributed by atoms with van der Waals surface area (Å²) in [7, 11) is 0. The third kappa shape index (κ3) is 2.73. The van der Waals surface area contributed by atoms with Crippen LogP contribution in [0.5, 0.6) is 0 Å². The molecule has 1 aliphatic heterocycles. The number of aromatic nitrogens is 2. The van der Waals surface area contributed by atoms with Crippen molar-refractivity contribution in [2.75, 3.05) is 31.2 Å². The Hall–Kier alpha value is -1.20. The number of hydrogen-bond donors (Lipinski definition) is 1. The van der Waals surface area contributed by atoms with Crippen LogP contribution in [0.25, 0.3) is 0 Å². The monoisotopic (exact) mass is 236 g/mol. The Morgan fingerprint density at radius 3 is 2.76 bits per heavy atom. The van der Waals surface area contributed by atoms with Crippen LogP contribution in [0.1, 0.15) is 25.3 Å². The number of nitrogens with zero attached hydrogens (tertiary/aromatic N) is 3. The molecule has 1 aliphatic rings. The van der Waals surface area contributed by atoms with E-state index in [4.69, 9.17) is 10.5 Å². The van der Waals surface area contributed by atoms with Crippen LogP contribution < -0.4 is 10.6 Å². The predicted octanol–water partition coefficient (Wildman–Crippen LogP) is 0.764. The van der Waals surface area contributed by atoms with E-state index in [1.165, 1.54) is 0 Å². The molecule has 0 saturated carbocycles. The van der Waals surface area contributed by atoms with Crippen molar-refractivity contribution in [2.24, 2.45) is 5.73 Å². The summed E-state index contributed by atoms with van der Waals surface area (Å²) in [6, 6.07) is 0.189. The van der Waals surface area contributed by atoms with Crippen LogP contribution in [0.3, 0.4) is 0 Å². The Labute approximate surface area is 102 Å². The summed E-state index contributed by atoms with van der Waals surface area (Å²) in [5.41, 5.74) is 6.89. The highest BCUT2D eigenvalue weighted by atomic mass is 16.5. The molecule has 1 atom stereocenters. The fraction of sp³-hybridized carbons (Fsp3) is 0.667. The number of ether oxygens (including phenoxy) is 1. The summed E-state index contributed by atoms with van der Waals surface area (Å²) in [6.07, 6.45) is 3.80. The van der Waals surface area contributed by atoms with Crippen molar-refractivity contribution in [3.63, 3.8) is 0 Å². The Balaban J connectivity index is 2.15. The maximum absolute atomic E-state index is 5.73. The maximum Gasteiger partial charge on any atom is 0.225 e. The van der Waals surface area contributed by atoms with Crippen molar-refractivity contribution in [1.29, 1.82) is 0 Å². The molecule has 17 heavy (non-hydrogen) atoms. The topological polar surface area (TPSA) is 64.3 Å². The average Bonchev–Trinajstić information content (AvgIpc) is 2.39. The molecule has 1 aromatic heterocycles. The zero-order valence-electron chi connectivity index (χ0n) is 10.5. The second-order valence-electron chi connectivity index (χ2n) is 4.63. The molecule has 2 rings (SSSR count). The fourth-order valence-electron chi connectivity index (χ4n) is 1.89. The van der Waals surface area contributed by atoms with Gasteiger partial charge in [0, 0.05) is 25.5 Å². The van der Waals surface area contributed by atoms with Crippen molar-refractivity contribution in [2.45, 2.75) is 25.8 Å². The Bertz CT molecular complexity index is 352. The lowest BCUT2D eigenvalue weighted by Gasteiger charge is -2.34. The minimum atomic E-state index is 0.189. The zero-order valence-corrected chi connectivity index (χ0v) is 10.5. The first-order chi connectivity index (χ1) is 8.22. The van der Waals surface area contributed by atoms with Crippen molar-refractivity contribution in [1.82, 2.24) is 9.97 Å². The van der Waals surface area contributed by atoms with E-state index in [0.29, 0.717) is 25.7 Å². The van der Waals surface area contributed by atoms with Gasteiger partial charge in [-0.2, -0.15) is 0 Å². The molecule has 0 bridgehead atoms. The van der Waals surface area contributed by atoms with Crippen LogP contribution in [-0.4, -0.2) is 42.3 Å². The van der Waals surface area contributed by atoms with Gasteiger partial charge in [0.1, 0.15) is 0 Å². The van der Waals surface area contributed by atoms with Crippen LogP contribution in [0.2, 0.25) is 0 Å². The first kappa shape index (κ1) is 12.3. The molecule has 0 aromatic carbocycles. The van der Waals surface area contributed by atoms with Crippen LogP contribution >= 0.6 is 0 Å². The van der Waals surface area contributed by atoms with E-state index in [9.17, 15) is 0 Å². The van der Waals surface area contributed by atoms with Gasteiger partial charge in [-0.15, -0.1) is 0 Å². The molecular weight excluding hydrogens is 216 g/mol.